The van der Waals surface area contributed by atoms with Crippen molar-refractivity contribution < 1.29 is 0 Å². The predicted octanol–water partition coefficient (Wildman–Crippen LogP) is 8.16. The highest BCUT2D eigenvalue weighted by molar-refractivity contribution is 7.26. The number of thiophene rings is 1. The Labute approximate surface area is 188 Å². The maximum atomic E-state index is 4.77. The van der Waals surface area contributed by atoms with E-state index in [0.717, 1.165) is 17.6 Å². The van der Waals surface area contributed by atoms with Crippen molar-refractivity contribution in [1.82, 2.24) is 9.97 Å². The summed E-state index contributed by atoms with van der Waals surface area (Å²) in [5.74, 6) is 0.649. The zero-order valence-electron chi connectivity index (χ0n) is 18.9. The summed E-state index contributed by atoms with van der Waals surface area (Å²) in [4.78, 5) is 9.45. The molecule has 0 amide bonds. The number of nitrogens with zero attached hydrogens (tertiary/aromatic N) is 2. The van der Waals surface area contributed by atoms with E-state index in [4.69, 9.17) is 4.98 Å². The SMILES string of the molecule is CC(C)Cc1ccc2c(c1)sc1c(-c3cc(C(C)(C)C)c4ccccc4c3)ncnc12. The zero-order valence-corrected chi connectivity index (χ0v) is 19.7. The molecule has 156 valence electrons. The molecule has 0 fully saturated rings. The second-order valence-electron chi connectivity index (χ2n) is 9.93. The van der Waals surface area contributed by atoms with Gasteiger partial charge in [-0.05, 0) is 57.9 Å². The summed E-state index contributed by atoms with van der Waals surface area (Å²) in [6.07, 6.45) is 2.82. The Morgan fingerprint density at radius 2 is 1.71 bits per heavy atom. The molecule has 0 aliphatic carbocycles. The Bertz CT molecular complexity index is 1420. The van der Waals surface area contributed by atoms with Crippen LogP contribution in [0.15, 0.2) is 60.9 Å². The first kappa shape index (κ1) is 20.1. The second kappa shape index (κ2) is 7.42. The fourth-order valence-corrected chi connectivity index (χ4v) is 5.72. The molecule has 31 heavy (non-hydrogen) atoms. The molecule has 2 heterocycles. The molecular formula is C28H28N2S. The first-order chi connectivity index (χ1) is 14.8. The van der Waals surface area contributed by atoms with Gasteiger partial charge in [0, 0.05) is 15.6 Å². The molecule has 0 N–H and O–H groups in total. The molecule has 0 bridgehead atoms. The van der Waals surface area contributed by atoms with Crippen LogP contribution in [0.1, 0.15) is 45.7 Å². The fourth-order valence-electron chi connectivity index (χ4n) is 4.49. The van der Waals surface area contributed by atoms with E-state index < -0.39 is 0 Å². The zero-order chi connectivity index (χ0) is 21.8. The van der Waals surface area contributed by atoms with Crippen LogP contribution in [0, 0.1) is 5.92 Å². The van der Waals surface area contributed by atoms with Crippen molar-refractivity contribution in [2.45, 2.75) is 46.5 Å². The number of hydrogen-bond donors (Lipinski definition) is 0. The molecule has 0 aliphatic rings. The highest BCUT2D eigenvalue weighted by atomic mass is 32.1. The molecule has 5 rings (SSSR count). The number of fused-ring (bicyclic) bond motifs is 4. The quantitative estimate of drug-likeness (QED) is 0.292. The van der Waals surface area contributed by atoms with E-state index in [-0.39, 0.29) is 5.41 Å². The molecular weight excluding hydrogens is 396 g/mol. The van der Waals surface area contributed by atoms with Crippen LogP contribution in [-0.2, 0) is 11.8 Å². The third-order valence-corrected chi connectivity index (χ3v) is 7.05. The van der Waals surface area contributed by atoms with E-state index in [9.17, 15) is 0 Å². The molecule has 0 aliphatic heterocycles. The number of hydrogen-bond acceptors (Lipinski definition) is 3. The lowest BCUT2D eigenvalue weighted by atomic mass is 9.82. The summed E-state index contributed by atoms with van der Waals surface area (Å²) in [5, 5.41) is 3.81. The summed E-state index contributed by atoms with van der Waals surface area (Å²) in [6, 6.07) is 20.1. The van der Waals surface area contributed by atoms with E-state index >= 15 is 0 Å². The van der Waals surface area contributed by atoms with Crippen molar-refractivity contribution >= 4 is 42.4 Å². The van der Waals surface area contributed by atoms with Crippen LogP contribution in [0.25, 0.3) is 42.3 Å². The Morgan fingerprint density at radius 3 is 2.48 bits per heavy atom. The van der Waals surface area contributed by atoms with Crippen LogP contribution in [0.2, 0.25) is 0 Å². The average Bonchev–Trinajstić information content (AvgIpc) is 3.09. The predicted molar refractivity (Wildman–Crippen MR) is 135 cm³/mol. The lowest BCUT2D eigenvalue weighted by Crippen LogP contribution is -2.12. The molecule has 0 radical (unpaired) electrons. The van der Waals surface area contributed by atoms with Gasteiger partial charge in [0.2, 0.25) is 0 Å². The minimum Gasteiger partial charge on any atom is -0.235 e. The summed E-state index contributed by atoms with van der Waals surface area (Å²) in [5.41, 5.74) is 6.06. The normalized spacial score (nSPS) is 12.5. The van der Waals surface area contributed by atoms with Crippen LogP contribution >= 0.6 is 11.3 Å². The number of aromatic nitrogens is 2. The molecule has 2 nitrogen and oxygen atoms in total. The fraction of sp³-hybridized carbons (Fsp3) is 0.286. The van der Waals surface area contributed by atoms with Gasteiger partial charge in [0.25, 0.3) is 0 Å². The smallest absolute Gasteiger partial charge is 0.116 e. The Balaban J connectivity index is 1.76. The van der Waals surface area contributed by atoms with Crippen molar-refractivity contribution in [2.24, 2.45) is 5.92 Å². The first-order valence-electron chi connectivity index (χ1n) is 11.0. The van der Waals surface area contributed by atoms with Gasteiger partial charge in [-0.1, -0.05) is 71.0 Å². The van der Waals surface area contributed by atoms with Crippen LogP contribution in [0.3, 0.4) is 0 Å². The first-order valence-corrected chi connectivity index (χ1v) is 11.8. The average molecular weight is 425 g/mol. The van der Waals surface area contributed by atoms with E-state index in [1.54, 1.807) is 6.33 Å². The van der Waals surface area contributed by atoms with Crippen molar-refractivity contribution in [3.05, 3.63) is 72.1 Å². The van der Waals surface area contributed by atoms with Crippen LogP contribution in [0.4, 0.5) is 0 Å². The van der Waals surface area contributed by atoms with Gasteiger partial charge in [-0.25, -0.2) is 9.97 Å². The standard InChI is InChI=1S/C28H28N2S/c1-17(2)12-18-10-11-22-24(13-18)31-27-25(29-16-30-26(22)27)20-14-19-8-6-7-9-21(19)23(15-20)28(3,4)5/h6-11,13-17H,12H2,1-5H3. The van der Waals surface area contributed by atoms with Gasteiger partial charge < -0.3 is 0 Å². The van der Waals surface area contributed by atoms with E-state index in [1.165, 1.54) is 42.2 Å². The third kappa shape index (κ3) is 3.61. The minimum atomic E-state index is 0.0493. The van der Waals surface area contributed by atoms with Gasteiger partial charge >= 0.3 is 0 Å². The van der Waals surface area contributed by atoms with Crippen molar-refractivity contribution in [1.29, 1.82) is 0 Å². The number of benzene rings is 3. The molecule has 0 atom stereocenters. The lowest BCUT2D eigenvalue weighted by molar-refractivity contribution is 0.596. The Morgan fingerprint density at radius 1 is 0.903 bits per heavy atom. The summed E-state index contributed by atoms with van der Waals surface area (Å²) >= 11 is 1.82. The molecule has 3 aromatic carbocycles. The largest absolute Gasteiger partial charge is 0.235 e. The Hall–Kier alpha value is -2.78. The van der Waals surface area contributed by atoms with E-state index in [1.807, 2.05) is 11.3 Å². The molecule has 5 aromatic rings. The van der Waals surface area contributed by atoms with Gasteiger partial charge in [0.1, 0.15) is 6.33 Å². The van der Waals surface area contributed by atoms with Gasteiger partial charge in [-0.3, -0.25) is 0 Å². The van der Waals surface area contributed by atoms with Crippen LogP contribution in [0.5, 0.6) is 0 Å². The third-order valence-electron chi connectivity index (χ3n) is 5.90. The van der Waals surface area contributed by atoms with Gasteiger partial charge in [0.15, 0.2) is 0 Å². The van der Waals surface area contributed by atoms with E-state index in [0.29, 0.717) is 5.92 Å². The van der Waals surface area contributed by atoms with Crippen LogP contribution in [-0.4, -0.2) is 9.97 Å². The molecule has 0 saturated carbocycles. The topological polar surface area (TPSA) is 25.8 Å². The highest BCUT2D eigenvalue weighted by Crippen LogP contribution is 2.40. The number of rotatable bonds is 3. The van der Waals surface area contributed by atoms with Gasteiger partial charge in [0.05, 0.1) is 15.9 Å². The molecule has 0 spiro atoms. The highest BCUT2D eigenvalue weighted by Gasteiger charge is 2.20. The summed E-state index contributed by atoms with van der Waals surface area (Å²) < 4.78 is 2.47. The molecule has 3 heteroatoms. The van der Waals surface area contributed by atoms with Gasteiger partial charge in [-0.2, -0.15) is 0 Å². The summed E-state index contributed by atoms with van der Waals surface area (Å²) in [6.45, 7) is 11.4. The minimum absolute atomic E-state index is 0.0493. The monoisotopic (exact) mass is 424 g/mol. The van der Waals surface area contributed by atoms with Gasteiger partial charge in [-0.15, -0.1) is 11.3 Å². The molecule has 0 saturated heterocycles. The second-order valence-corrected chi connectivity index (χ2v) is 11.0. The van der Waals surface area contributed by atoms with Crippen LogP contribution < -0.4 is 0 Å². The van der Waals surface area contributed by atoms with Crippen molar-refractivity contribution in [2.75, 3.05) is 0 Å². The molecule has 2 aromatic heterocycles. The maximum Gasteiger partial charge on any atom is 0.116 e. The molecule has 0 unspecified atom stereocenters. The lowest BCUT2D eigenvalue weighted by Gasteiger charge is -2.22. The van der Waals surface area contributed by atoms with E-state index in [2.05, 4.69) is 94.2 Å². The summed E-state index contributed by atoms with van der Waals surface area (Å²) in [7, 11) is 0. The van der Waals surface area contributed by atoms with Crippen molar-refractivity contribution in [3.8, 4) is 11.3 Å². The Kier molecular flexibility index (Phi) is 4.82. The van der Waals surface area contributed by atoms with Crippen molar-refractivity contribution in [3.63, 3.8) is 0 Å². The maximum absolute atomic E-state index is 4.77.